The average Bonchev–Trinajstić information content (AvgIpc) is 2.78. The van der Waals surface area contributed by atoms with Crippen LogP contribution >= 0.6 is 0 Å². The van der Waals surface area contributed by atoms with E-state index in [4.69, 9.17) is 9.47 Å². The van der Waals surface area contributed by atoms with Crippen LogP contribution in [-0.2, 0) is 20.9 Å². The first-order valence-electron chi connectivity index (χ1n) is 10.9. The van der Waals surface area contributed by atoms with Crippen molar-refractivity contribution in [3.05, 3.63) is 83.9 Å². The van der Waals surface area contributed by atoms with Gasteiger partial charge in [-0.25, -0.2) is 0 Å². The van der Waals surface area contributed by atoms with Crippen molar-refractivity contribution in [3.63, 3.8) is 0 Å². The molecule has 30 heavy (non-hydrogen) atoms. The van der Waals surface area contributed by atoms with Gasteiger partial charge in [0, 0.05) is 6.04 Å². The number of carbonyl (C=O) groups excluding carboxylic acids is 1. The molecule has 0 amide bonds. The van der Waals surface area contributed by atoms with Crippen LogP contribution in [0, 0.1) is 0 Å². The Kier molecular flexibility index (Phi) is 10.9. The molecule has 0 saturated carbocycles. The summed E-state index contributed by atoms with van der Waals surface area (Å²) in [5, 5.41) is 3.42. The van der Waals surface area contributed by atoms with E-state index >= 15 is 0 Å². The minimum absolute atomic E-state index is 0.0338. The number of hydrogen-bond acceptors (Lipinski definition) is 4. The summed E-state index contributed by atoms with van der Waals surface area (Å²) in [6.45, 7) is 7.19. The molecule has 0 aliphatic carbocycles. The predicted molar refractivity (Wildman–Crippen MR) is 122 cm³/mol. The van der Waals surface area contributed by atoms with Gasteiger partial charge in [0.2, 0.25) is 0 Å². The van der Waals surface area contributed by atoms with Gasteiger partial charge in [-0.1, -0.05) is 86.2 Å². The summed E-state index contributed by atoms with van der Waals surface area (Å²) in [6, 6.07) is 19.9. The van der Waals surface area contributed by atoms with Crippen LogP contribution in [0.3, 0.4) is 0 Å². The molecule has 2 aromatic carbocycles. The fourth-order valence-electron chi connectivity index (χ4n) is 3.05. The highest BCUT2D eigenvalue weighted by Crippen LogP contribution is 2.14. The molecule has 2 rings (SSSR count). The van der Waals surface area contributed by atoms with Crippen molar-refractivity contribution in [1.29, 1.82) is 0 Å². The highest BCUT2D eigenvalue weighted by Gasteiger charge is 2.21. The quantitative estimate of drug-likeness (QED) is 0.266. The van der Waals surface area contributed by atoms with Gasteiger partial charge < -0.3 is 9.47 Å². The molecule has 0 fully saturated rings. The van der Waals surface area contributed by atoms with Crippen molar-refractivity contribution < 1.29 is 14.3 Å². The average molecular weight is 410 g/mol. The van der Waals surface area contributed by atoms with Crippen LogP contribution in [0.25, 0.3) is 0 Å². The normalized spacial score (nSPS) is 14.4. The van der Waals surface area contributed by atoms with E-state index in [0.29, 0.717) is 19.6 Å². The van der Waals surface area contributed by atoms with Gasteiger partial charge in [0.25, 0.3) is 0 Å². The van der Waals surface area contributed by atoms with E-state index in [9.17, 15) is 4.79 Å². The van der Waals surface area contributed by atoms with Gasteiger partial charge in [-0.05, 0) is 37.8 Å². The molecular formula is C26H35NO3. The van der Waals surface area contributed by atoms with E-state index in [1.807, 2.05) is 67.6 Å². The largest absolute Gasteiger partial charge is 0.465 e. The molecule has 0 aliphatic heterocycles. The van der Waals surface area contributed by atoms with Crippen molar-refractivity contribution in [2.75, 3.05) is 6.61 Å². The Labute approximate surface area is 181 Å². The zero-order valence-electron chi connectivity index (χ0n) is 18.4. The Balaban J connectivity index is 1.90. The zero-order valence-corrected chi connectivity index (χ0v) is 18.4. The van der Waals surface area contributed by atoms with Crippen LogP contribution in [0.2, 0.25) is 0 Å². The van der Waals surface area contributed by atoms with Gasteiger partial charge in [0.15, 0.2) is 0 Å². The molecular weight excluding hydrogens is 374 g/mol. The molecule has 4 heteroatoms. The minimum atomic E-state index is -0.394. The number of benzene rings is 2. The van der Waals surface area contributed by atoms with Gasteiger partial charge in [-0.15, -0.1) is 0 Å². The molecule has 0 bridgehead atoms. The number of hydrogen-bond donors (Lipinski definition) is 1. The third-order valence-corrected chi connectivity index (χ3v) is 4.91. The van der Waals surface area contributed by atoms with E-state index in [2.05, 4.69) is 31.3 Å². The topological polar surface area (TPSA) is 47.6 Å². The van der Waals surface area contributed by atoms with Gasteiger partial charge in [-0.2, -0.15) is 0 Å². The molecule has 162 valence electrons. The Hall–Kier alpha value is -2.43. The molecule has 0 saturated heterocycles. The summed E-state index contributed by atoms with van der Waals surface area (Å²) in [5.41, 5.74) is 2.29. The monoisotopic (exact) mass is 409 g/mol. The lowest BCUT2D eigenvalue weighted by atomic mass is 10.1. The SMILES string of the molecule is CCCCOC(=O)[C@H](C/C=C/[C@H](C)OCc1ccccc1)N[C@@H](C)c1ccccc1. The summed E-state index contributed by atoms with van der Waals surface area (Å²) >= 11 is 0. The highest BCUT2D eigenvalue weighted by molar-refractivity contribution is 5.76. The molecule has 4 nitrogen and oxygen atoms in total. The summed E-state index contributed by atoms with van der Waals surface area (Å²) < 4.78 is 11.4. The number of unbranched alkanes of at least 4 members (excludes halogenated alkanes) is 1. The molecule has 3 atom stereocenters. The van der Waals surface area contributed by atoms with Gasteiger partial charge in [0.1, 0.15) is 6.04 Å². The summed E-state index contributed by atoms with van der Waals surface area (Å²) in [7, 11) is 0. The van der Waals surface area contributed by atoms with Gasteiger partial charge in [0.05, 0.1) is 19.3 Å². The minimum Gasteiger partial charge on any atom is -0.465 e. The van der Waals surface area contributed by atoms with E-state index in [1.165, 1.54) is 0 Å². The molecule has 0 unspecified atom stereocenters. The maximum absolute atomic E-state index is 12.6. The second kappa shape index (κ2) is 13.7. The first-order chi connectivity index (χ1) is 14.6. The lowest BCUT2D eigenvalue weighted by Crippen LogP contribution is -2.39. The van der Waals surface area contributed by atoms with Gasteiger partial charge in [-0.3, -0.25) is 10.1 Å². The van der Waals surface area contributed by atoms with Crippen LogP contribution in [-0.4, -0.2) is 24.7 Å². The third kappa shape index (κ3) is 8.93. The van der Waals surface area contributed by atoms with E-state index < -0.39 is 6.04 Å². The van der Waals surface area contributed by atoms with E-state index in [-0.39, 0.29) is 18.1 Å². The Morgan fingerprint density at radius 2 is 1.70 bits per heavy atom. The number of carbonyl (C=O) groups is 1. The molecule has 0 spiro atoms. The molecule has 2 aromatic rings. The lowest BCUT2D eigenvalue weighted by molar-refractivity contribution is -0.146. The summed E-state index contributed by atoms with van der Waals surface area (Å²) in [4.78, 5) is 12.6. The second-order valence-corrected chi connectivity index (χ2v) is 7.54. The number of esters is 1. The van der Waals surface area contributed by atoms with Crippen LogP contribution in [0.5, 0.6) is 0 Å². The second-order valence-electron chi connectivity index (χ2n) is 7.54. The van der Waals surface area contributed by atoms with Crippen LogP contribution in [0.4, 0.5) is 0 Å². The molecule has 1 N–H and O–H groups in total. The Morgan fingerprint density at radius 3 is 2.37 bits per heavy atom. The van der Waals surface area contributed by atoms with Crippen molar-refractivity contribution in [2.24, 2.45) is 0 Å². The number of nitrogens with one attached hydrogen (secondary N) is 1. The van der Waals surface area contributed by atoms with Crippen LogP contribution < -0.4 is 5.32 Å². The van der Waals surface area contributed by atoms with Crippen molar-refractivity contribution in [2.45, 2.75) is 64.8 Å². The molecule has 0 heterocycles. The van der Waals surface area contributed by atoms with E-state index in [1.54, 1.807) is 0 Å². The Bertz CT molecular complexity index is 745. The maximum Gasteiger partial charge on any atom is 0.323 e. The first-order valence-corrected chi connectivity index (χ1v) is 10.9. The third-order valence-electron chi connectivity index (χ3n) is 4.91. The van der Waals surface area contributed by atoms with Crippen LogP contribution in [0.1, 0.15) is 57.2 Å². The standard InChI is InChI=1S/C26H35NO3/c1-4-5-19-29-26(28)25(27-22(3)24-16-10-7-11-17-24)18-12-13-21(2)30-20-23-14-8-6-9-15-23/h6-17,21-22,25,27H,4-5,18-20H2,1-3H3/b13-12+/t21-,22-,25-/m0/s1. The Morgan fingerprint density at radius 1 is 1.03 bits per heavy atom. The van der Waals surface area contributed by atoms with Crippen molar-refractivity contribution in [3.8, 4) is 0 Å². The number of ether oxygens (including phenoxy) is 2. The summed E-state index contributed by atoms with van der Waals surface area (Å²) in [6.07, 6.45) is 6.42. The van der Waals surface area contributed by atoms with Crippen molar-refractivity contribution >= 4 is 5.97 Å². The fraction of sp³-hybridized carbons (Fsp3) is 0.423. The zero-order chi connectivity index (χ0) is 21.6. The van der Waals surface area contributed by atoms with E-state index in [0.717, 1.165) is 24.0 Å². The molecule has 0 aromatic heterocycles. The fourth-order valence-corrected chi connectivity index (χ4v) is 3.05. The predicted octanol–water partition coefficient (Wildman–Crippen LogP) is 5.60. The molecule has 0 radical (unpaired) electrons. The van der Waals surface area contributed by atoms with Crippen LogP contribution in [0.15, 0.2) is 72.8 Å². The van der Waals surface area contributed by atoms with Gasteiger partial charge >= 0.3 is 5.97 Å². The highest BCUT2D eigenvalue weighted by atomic mass is 16.5. The lowest BCUT2D eigenvalue weighted by Gasteiger charge is -2.22. The molecule has 0 aliphatic rings. The summed E-state index contributed by atoms with van der Waals surface area (Å²) in [5.74, 6) is -0.200. The van der Waals surface area contributed by atoms with Crippen molar-refractivity contribution in [1.82, 2.24) is 5.32 Å². The smallest absolute Gasteiger partial charge is 0.323 e. The number of rotatable bonds is 13. The first kappa shape index (κ1) is 23.8. The maximum atomic E-state index is 12.6.